The first-order valence-corrected chi connectivity index (χ1v) is 14.6. The Labute approximate surface area is 277 Å². The van der Waals surface area contributed by atoms with Crippen LogP contribution in [-0.2, 0) is 0 Å². The molecule has 0 spiro atoms. The Balaban J connectivity index is 1.25. The maximum Gasteiger partial charge on any atom is 0.350 e. The monoisotopic (exact) mass is 668 g/mol. The second-order valence-corrected chi connectivity index (χ2v) is 10.8. The van der Waals surface area contributed by atoms with Crippen molar-refractivity contribution in [3.05, 3.63) is 155 Å². The van der Waals surface area contributed by atoms with E-state index < -0.39 is 45.7 Å². The summed E-state index contributed by atoms with van der Waals surface area (Å²) in [5.41, 5.74) is -4.49. The van der Waals surface area contributed by atoms with Crippen LogP contribution >= 0.6 is 0 Å². The van der Waals surface area contributed by atoms with Crippen molar-refractivity contribution >= 4 is 74.3 Å². The summed E-state index contributed by atoms with van der Waals surface area (Å²) in [7, 11) is 0. The molecule has 0 aliphatic rings. The van der Waals surface area contributed by atoms with Gasteiger partial charge in [0.2, 0.25) is 0 Å². The van der Waals surface area contributed by atoms with Gasteiger partial charge in [0.05, 0.1) is 21.9 Å². The maximum atomic E-state index is 13.4. The van der Waals surface area contributed by atoms with E-state index in [0.717, 1.165) is 0 Å². The maximum absolute atomic E-state index is 13.4. The molecular formula is C38H20O12. The van der Waals surface area contributed by atoms with Crippen LogP contribution in [0.15, 0.2) is 122 Å². The van der Waals surface area contributed by atoms with E-state index in [9.17, 15) is 28.8 Å². The standard InChI is InChI=1S/C38H20O12/c1-4-20-17-24-8-6-10-26-29(24)31(38(44)48-19(3)46-36(26)42)32(20)50-34(40)23-13-11-22(12-14-23)33(39)49-27-16-15-21-7-5-9-25-28(21)30(27)37(43)47-18(2)45-35(25)41/h4-17H,1-3H2. The smallest absolute Gasteiger partial charge is 0.350 e. The average Bonchev–Trinajstić information content (AvgIpc) is 3.09. The van der Waals surface area contributed by atoms with E-state index >= 15 is 0 Å². The van der Waals surface area contributed by atoms with Gasteiger partial charge in [-0.15, -0.1) is 0 Å². The molecule has 0 atom stereocenters. The predicted octanol–water partition coefficient (Wildman–Crippen LogP) is 4.58. The SMILES string of the molecule is C=Cc1cc2cccc3c(=O)oc(=C)oc(=O)c(c1OC(=O)c1ccc(C(=O)Oc4ccc5cccc6c(=O)oc(=C)oc(=O)c4c56)cc1)c23. The number of carbonyl (C=O) groups excluding carboxylic acids is 2. The zero-order chi connectivity index (χ0) is 35.3. The van der Waals surface area contributed by atoms with E-state index in [1.165, 1.54) is 48.5 Å². The minimum Gasteiger partial charge on any atom is -0.422 e. The second kappa shape index (κ2) is 12.0. The highest BCUT2D eigenvalue weighted by molar-refractivity contribution is 6.13. The molecule has 0 amide bonds. The highest BCUT2D eigenvalue weighted by atomic mass is 16.5. The van der Waals surface area contributed by atoms with Crippen LogP contribution in [0.2, 0.25) is 0 Å². The average molecular weight is 669 g/mol. The molecule has 244 valence electrons. The van der Waals surface area contributed by atoms with Crippen LogP contribution in [0.25, 0.3) is 62.3 Å². The van der Waals surface area contributed by atoms with Crippen molar-refractivity contribution in [1.82, 2.24) is 0 Å². The number of carbonyl (C=O) groups is 2. The Hall–Kier alpha value is -7.34. The first-order valence-electron chi connectivity index (χ1n) is 14.6. The highest BCUT2D eigenvalue weighted by Crippen LogP contribution is 2.35. The number of rotatable bonds is 5. The van der Waals surface area contributed by atoms with Gasteiger partial charge in [0.25, 0.3) is 11.2 Å². The number of benzene rings is 5. The van der Waals surface area contributed by atoms with Crippen molar-refractivity contribution in [2.75, 3.05) is 0 Å². The molecule has 0 saturated carbocycles. The van der Waals surface area contributed by atoms with Gasteiger partial charge >= 0.3 is 34.4 Å². The van der Waals surface area contributed by atoms with Gasteiger partial charge in [-0.1, -0.05) is 43.0 Å². The molecule has 50 heavy (non-hydrogen) atoms. The summed E-state index contributed by atoms with van der Waals surface area (Å²) < 4.78 is 31.4. The molecule has 12 nitrogen and oxygen atoms in total. The fraction of sp³-hybridized carbons (Fsp3) is 0. The van der Waals surface area contributed by atoms with Crippen LogP contribution in [0, 0.1) is 0 Å². The van der Waals surface area contributed by atoms with Crippen LogP contribution < -0.4 is 43.2 Å². The molecule has 0 aliphatic heterocycles. The molecule has 2 heterocycles. The number of hydrogen-bond acceptors (Lipinski definition) is 12. The minimum atomic E-state index is -0.985. The number of hydrogen-bond donors (Lipinski definition) is 0. The lowest BCUT2D eigenvalue weighted by atomic mass is 9.99. The third-order valence-electron chi connectivity index (χ3n) is 7.80. The van der Waals surface area contributed by atoms with Crippen molar-refractivity contribution in [1.29, 1.82) is 0 Å². The fourth-order valence-corrected chi connectivity index (χ4v) is 5.62. The molecule has 7 rings (SSSR count). The first kappa shape index (κ1) is 31.3. The van der Waals surface area contributed by atoms with Gasteiger partial charge in [-0.05, 0) is 72.5 Å². The van der Waals surface area contributed by atoms with Gasteiger partial charge in [0.15, 0.2) is 5.75 Å². The molecule has 0 saturated heterocycles. The van der Waals surface area contributed by atoms with E-state index in [2.05, 4.69) is 19.7 Å². The topological polar surface area (TPSA) is 173 Å². The van der Waals surface area contributed by atoms with Gasteiger partial charge in [-0.3, -0.25) is 0 Å². The largest absolute Gasteiger partial charge is 0.422 e. The van der Waals surface area contributed by atoms with Crippen LogP contribution in [0.1, 0.15) is 26.3 Å². The molecule has 0 aliphatic carbocycles. The van der Waals surface area contributed by atoms with Crippen LogP contribution in [0.5, 0.6) is 11.5 Å². The van der Waals surface area contributed by atoms with Crippen molar-refractivity contribution in [2.24, 2.45) is 0 Å². The zero-order valence-electron chi connectivity index (χ0n) is 25.6. The van der Waals surface area contributed by atoms with E-state index in [1.54, 1.807) is 36.4 Å². The van der Waals surface area contributed by atoms with E-state index in [0.29, 0.717) is 10.8 Å². The molecule has 12 heteroatoms. The molecule has 0 N–H and O–H groups in total. The summed E-state index contributed by atoms with van der Waals surface area (Å²) in [6, 6.07) is 19.0. The van der Waals surface area contributed by atoms with Gasteiger partial charge in [-0.2, -0.15) is 0 Å². The molecule has 0 unspecified atom stereocenters. The normalized spacial score (nSPS) is 11.1. The van der Waals surface area contributed by atoms with Crippen molar-refractivity contribution in [3.63, 3.8) is 0 Å². The van der Waals surface area contributed by atoms with Crippen molar-refractivity contribution < 1.29 is 36.7 Å². The summed E-state index contributed by atoms with van der Waals surface area (Å²) in [4.78, 5) is 78.4. The highest BCUT2D eigenvalue weighted by Gasteiger charge is 2.22. The third-order valence-corrected chi connectivity index (χ3v) is 7.80. The lowest BCUT2D eigenvalue weighted by Gasteiger charge is -2.12. The van der Waals surface area contributed by atoms with Crippen molar-refractivity contribution in [3.8, 4) is 11.5 Å². The summed E-state index contributed by atoms with van der Waals surface area (Å²) in [6.45, 7) is 10.6. The van der Waals surface area contributed by atoms with Gasteiger partial charge in [0, 0.05) is 16.3 Å². The Morgan fingerprint density at radius 3 is 1.64 bits per heavy atom. The van der Waals surface area contributed by atoms with E-state index in [4.69, 9.17) is 27.1 Å². The minimum absolute atomic E-state index is 0.0178. The molecule has 2 aromatic heterocycles. The van der Waals surface area contributed by atoms with Gasteiger partial charge in [-0.25, -0.2) is 28.8 Å². The lowest BCUT2D eigenvalue weighted by molar-refractivity contribution is 0.0722. The van der Waals surface area contributed by atoms with E-state index in [1.807, 2.05) is 0 Å². The molecular weight excluding hydrogens is 648 g/mol. The fourth-order valence-electron chi connectivity index (χ4n) is 5.62. The summed E-state index contributed by atoms with van der Waals surface area (Å²) in [5, 5.41) is 0.894. The van der Waals surface area contributed by atoms with Gasteiger partial charge in [0.1, 0.15) is 16.5 Å². The molecule has 5 aromatic carbocycles. The summed E-state index contributed by atoms with van der Waals surface area (Å²) >= 11 is 0. The molecule has 0 fully saturated rings. The molecule has 7 aromatic rings. The Bertz CT molecular complexity index is 3000. The quantitative estimate of drug-likeness (QED) is 0.185. The number of esters is 2. The third kappa shape index (κ3) is 5.32. The van der Waals surface area contributed by atoms with Crippen molar-refractivity contribution in [2.45, 2.75) is 0 Å². The lowest BCUT2D eigenvalue weighted by Crippen LogP contribution is -2.17. The zero-order valence-corrected chi connectivity index (χ0v) is 25.6. The summed E-state index contributed by atoms with van der Waals surface area (Å²) in [6.07, 6.45) is 1.37. The summed E-state index contributed by atoms with van der Waals surface area (Å²) in [5.74, 6) is -2.25. The first-order chi connectivity index (χ1) is 24.0. The number of ether oxygens (including phenoxy) is 2. The molecule has 0 bridgehead atoms. The Morgan fingerprint density at radius 2 is 1.06 bits per heavy atom. The second-order valence-electron chi connectivity index (χ2n) is 10.8. The predicted molar refractivity (Wildman–Crippen MR) is 183 cm³/mol. The van der Waals surface area contributed by atoms with E-state index in [-0.39, 0.29) is 60.5 Å². The molecule has 0 radical (unpaired) electrons. The van der Waals surface area contributed by atoms with Crippen LogP contribution in [0.4, 0.5) is 0 Å². The Kier molecular flexibility index (Phi) is 7.52. The Morgan fingerprint density at radius 1 is 0.560 bits per heavy atom. The van der Waals surface area contributed by atoms with Gasteiger partial charge < -0.3 is 27.1 Å². The van der Waals surface area contributed by atoms with Crippen LogP contribution in [0.3, 0.4) is 0 Å². The van der Waals surface area contributed by atoms with Crippen LogP contribution in [-0.4, -0.2) is 11.9 Å².